The molecule has 0 radical (unpaired) electrons. The van der Waals surface area contributed by atoms with Gasteiger partial charge in [-0.3, -0.25) is 10.1 Å². The lowest BCUT2D eigenvalue weighted by Gasteiger charge is -2.49. The molecule has 3 rings (SSSR count). The first-order chi connectivity index (χ1) is 9.85. The highest BCUT2D eigenvalue weighted by Gasteiger charge is 2.63. The average Bonchev–Trinajstić information content (AvgIpc) is 3.00. The number of nitrogens with zero attached hydrogens (tertiary/aromatic N) is 1. The molecule has 1 aliphatic heterocycles. The van der Waals surface area contributed by atoms with Crippen LogP contribution in [0.3, 0.4) is 0 Å². The summed E-state index contributed by atoms with van der Waals surface area (Å²) in [5.74, 6) is 1.17. The Hall–Kier alpha value is -0.570. The number of fused-ring (bicyclic) bond motifs is 2. The van der Waals surface area contributed by atoms with Crippen molar-refractivity contribution in [1.82, 2.24) is 10.2 Å². The Morgan fingerprint density at radius 3 is 2.52 bits per heavy atom. The molecule has 2 bridgehead atoms. The third-order valence-electron chi connectivity index (χ3n) is 6.72. The Labute approximate surface area is 129 Å². The second-order valence-corrected chi connectivity index (χ2v) is 8.50. The van der Waals surface area contributed by atoms with Gasteiger partial charge >= 0.3 is 0 Å². The minimum absolute atomic E-state index is 0.0541. The molecule has 3 heteroatoms. The van der Waals surface area contributed by atoms with Crippen LogP contribution in [0.1, 0.15) is 73.1 Å². The molecule has 0 spiro atoms. The van der Waals surface area contributed by atoms with Crippen LogP contribution in [0.15, 0.2) is 0 Å². The van der Waals surface area contributed by atoms with Crippen molar-refractivity contribution in [1.29, 1.82) is 0 Å². The Kier molecular flexibility index (Phi) is 3.63. The molecule has 120 valence electrons. The van der Waals surface area contributed by atoms with Crippen LogP contribution in [0.2, 0.25) is 0 Å². The van der Waals surface area contributed by atoms with E-state index < -0.39 is 0 Å². The quantitative estimate of drug-likeness (QED) is 0.859. The number of nitrogens with one attached hydrogen (secondary N) is 1. The van der Waals surface area contributed by atoms with E-state index in [1.165, 1.54) is 19.3 Å². The fraction of sp³-hybridized carbons (Fsp3) is 0.944. The molecule has 1 saturated heterocycles. The van der Waals surface area contributed by atoms with Gasteiger partial charge in [0.2, 0.25) is 5.91 Å². The summed E-state index contributed by atoms with van der Waals surface area (Å²) in [7, 11) is 0. The number of hydrogen-bond donors (Lipinski definition) is 1. The van der Waals surface area contributed by atoms with Crippen LogP contribution in [0, 0.1) is 16.7 Å². The maximum atomic E-state index is 13.0. The Bertz CT molecular complexity index is 428. The minimum Gasteiger partial charge on any atom is -0.322 e. The van der Waals surface area contributed by atoms with E-state index in [9.17, 15) is 4.79 Å². The fourth-order valence-electron chi connectivity index (χ4n) is 5.80. The molecule has 21 heavy (non-hydrogen) atoms. The van der Waals surface area contributed by atoms with Crippen LogP contribution in [0.25, 0.3) is 0 Å². The van der Waals surface area contributed by atoms with Gasteiger partial charge in [0.15, 0.2) is 0 Å². The molecule has 0 aromatic rings. The zero-order chi connectivity index (χ0) is 15.4. The van der Waals surface area contributed by atoms with Crippen LogP contribution in [0.5, 0.6) is 0 Å². The van der Waals surface area contributed by atoms with Crippen LogP contribution in [-0.2, 0) is 4.79 Å². The van der Waals surface area contributed by atoms with E-state index in [-0.39, 0.29) is 17.6 Å². The van der Waals surface area contributed by atoms with Crippen molar-refractivity contribution >= 4 is 5.91 Å². The van der Waals surface area contributed by atoms with Gasteiger partial charge in [0.25, 0.3) is 0 Å². The molecule has 1 heterocycles. The number of rotatable bonds is 4. The van der Waals surface area contributed by atoms with E-state index in [1.807, 2.05) is 0 Å². The fourth-order valence-corrected chi connectivity index (χ4v) is 5.80. The first-order valence-corrected chi connectivity index (χ1v) is 8.93. The highest BCUT2D eigenvalue weighted by molar-refractivity contribution is 5.85. The van der Waals surface area contributed by atoms with Crippen molar-refractivity contribution in [3.8, 4) is 0 Å². The molecule has 5 atom stereocenters. The highest BCUT2D eigenvalue weighted by Crippen LogP contribution is 2.64. The second kappa shape index (κ2) is 4.97. The maximum Gasteiger partial charge on any atom is 0.241 e. The molecule has 3 aliphatic rings. The van der Waals surface area contributed by atoms with Gasteiger partial charge in [0.1, 0.15) is 0 Å². The maximum absolute atomic E-state index is 13.0. The van der Waals surface area contributed by atoms with Gasteiger partial charge in [-0.15, -0.1) is 0 Å². The van der Waals surface area contributed by atoms with Crippen molar-refractivity contribution in [2.75, 3.05) is 0 Å². The van der Waals surface area contributed by atoms with E-state index in [2.05, 4.69) is 44.8 Å². The molecule has 2 aliphatic carbocycles. The zero-order valence-corrected chi connectivity index (χ0v) is 14.4. The lowest BCUT2D eigenvalue weighted by Crippen LogP contribution is -2.56. The molecule has 0 aromatic carbocycles. The van der Waals surface area contributed by atoms with Gasteiger partial charge in [0, 0.05) is 6.04 Å². The average molecular weight is 292 g/mol. The summed E-state index contributed by atoms with van der Waals surface area (Å²) in [6.45, 7) is 11.6. The SMILES string of the molecule is CCCC1NC(CC)N(C2C3(C)CCC(C3)C2(C)C)C1=O. The smallest absolute Gasteiger partial charge is 0.241 e. The summed E-state index contributed by atoms with van der Waals surface area (Å²) in [5, 5.41) is 3.61. The molecule has 1 N–H and O–H groups in total. The third kappa shape index (κ3) is 2.07. The number of hydrogen-bond acceptors (Lipinski definition) is 2. The third-order valence-corrected chi connectivity index (χ3v) is 6.72. The van der Waals surface area contributed by atoms with Gasteiger partial charge in [-0.1, -0.05) is 41.0 Å². The Morgan fingerprint density at radius 2 is 2.00 bits per heavy atom. The summed E-state index contributed by atoms with van der Waals surface area (Å²) in [4.78, 5) is 15.3. The van der Waals surface area contributed by atoms with Gasteiger partial charge in [-0.05, 0) is 48.9 Å². The molecular formula is C18H32N2O. The monoisotopic (exact) mass is 292 g/mol. The van der Waals surface area contributed by atoms with Crippen molar-refractivity contribution in [3.63, 3.8) is 0 Å². The largest absolute Gasteiger partial charge is 0.322 e. The van der Waals surface area contributed by atoms with E-state index in [0.29, 0.717) is 17.4 Å². The molecule has 1 amide bonds. The van der Waals surface area contributed by atoms with Gasteiger partial charge in [-0.25, -0.2) is 0 Å². The Balaban J connectivity index is 1.93. The van der Waals surface area contributed by atoms with Gasteiger partial charge in [-0.2, -0.15) is 0 Å². The summed E-state index contributed by atoms with van der Waals surface area (Å²) in [6, 6.07) is 0.467. The normalized spacial score (nSPS) is 44.8. The summed E-state index contributed by atoms with van der Waals surface area (Å²) in [5.41, 5.74) is 0.596. The standard InChI is InChI=1S/C18H32N2O/c1-6-8-13-15(21)20(14(7-2)19-13)16-17(3,4)12-9-10-18(16,5)11-12/h12-14,16,19H,6-11H2,1-5H3. The Morgan fingerprint density at radius 1 is 1.29 bits per heavy atom. The number of amides is 1. The lowest BCUT2D eigenvalue weighted by molar-refractivity contribution is -0.139. The van der Waals surface area contributed by atoms with E-state index in [0.717, 1.165) is 25.2 Å². The van der Waals surface area contributed by atoms with Crippen molar-refractivity contribution in [2.24, 2.45) is 16.7 Å². The summed E-state index contributed by atoms with van der Waals surface area (Å²) in [6.07, 6.45) is 7.26. The lowest BCUT2D eigenvalue weighted by atomic mass is 9.67. The second-order valence-electron chi connectivity index (χ2n) is 8.50. The van der Waals surface area contributed by atoms with Crippen molar-refractivity contribution in [3.05, 3.63) is 0 Å². The number of carbonyl (C=O) groups excluding carboxylic acids is 1. The first kappa shape index (κ1) is 15.3. The van der Waals surface area contributed by atoms with Crippen LogP contribution < -0.4 is 5.32 Å². The molecule has 3 fully saturated rings. The predicted octanol–water partition coefficient (Wildman–Crippen LogP) is 3.54. The van der Waals surface area contributed by atoms with E-state index in [4.69, 9.17) is 0 Å². The molecule has 2 saturated carbocycles. The minimum atomic E-state index is 0.0541. The summed E-state index contributed by atoms with van der Waals surface area (Å²) >= 11 is 0. The predicted molar refractivity (Wildman–Crippen MR) is 85.8 cm³/mol. The van der Waals surface area contributed by atoms with E-state index in [1.54, 1.807) is 0 Å². The zero-order valence-electron chi connectivity index (χ0n) is 14.4. The molecule has 0 aromatic heterocycles. The van der Waals surface area contributed by atoms with Crippen molar-refractivity contribution < 1.29 is 4.79 Å². The van der Waals surface area contributed by atoms with Crippen LogP contribution in [-0.4, -0.2) is 29.1 Å². The molecule has 3 nitrogen and oxygen atoms in total. The molecule has 5 unspecified atom stereocenters. The molecular weight excluding hydrogens is 260 g/mol. The van der Waals surface area contributed by atoms with Crippen LogP contribution in [0.4, 0.5) is 0 Å². The topological polar surface area (TPSA) is 32.3 Å². The summed E-state index contributed by atoms with van der Waals surface area (Å²) < 4.78 is 0. The first-order valence-electron chi connectivity index (χ1n) is 8.93. The van der Waals surface area contributed by atoms with Gasteiger partial charge < -0.3 is 4.90 Å². The van der Waals surface area contributed by atoms with E-state index >= 15 is 0 Å². The highest BCUT2D eigenvalue weighted by atomic mass is 16.2. The van der Waals surface area contributed by atoms with Gasteiger partial charge in [0.05, 0.1) is 12.2 Å². The van der Waals surface area contributed by atoms with Crippen molar-refractivity contribution in [2.45, 2.75) is 91.4 Å². The van der Waals surface area contributed by atoms with Crippen LogP contribution >= 0.6 is 0 Å². The number of carbonyl (C=O) groups is 1.